The first-order chi connectivity index (χ1) is 9.03. The highest BCUT2D eigenvalue weighted by molar-refractivity contribution is 7.90. The van der Waals surface area contributed by atoms with E-state index < -0.39 is 16.0 Å². The Labute approximate surface area is 112 Å². The molecular formula is C12H17FN2O3S. The number of rotatable bonds is 4. The van der Waals surface area contributed by atoms with Crippen LogP contribution in [-0.2, 0) is 10.2 Å². The summed E-state index contributed by atoms with van der Waals surface area (Å²) in [6.45, 7) is 0.200. The number of aliphatic hydroxyl groups excluding tert-OH is 1. The molecule has 2 N–H and O–H groups in total. The molecule has 1 saturated heterocycles. The Morgan fingerprint density at radius 1 is 1.32 bits per heavy atom. The predicted molar refractivity (Wildman–Crippen MR) is 70.4 cm³/mol. The molecule has 0 amide bonds. The number of halogens is 1. The van der Waals surface area contributed by atoms with Crippen LogP contribution in [0.3, 0.4) is 0 Å². The van der Waals surface area contributed by atoms with Crippen LogP contribution in [0.1, 0.15) is 19.3 Å². The van der Waals surface area contributed by atoms with E-state index in [4.69, 9.17) is 0 Å². The van der Waals surface area contributed by atoms with Crippen LogP contribution in [0.5, 0.6) is 0 Å². The van der Waals surface area contributed by atoms with E-state index in [1.165, 1.54) is 28.6 Å². The minimum atomic E-state index is -3.71. The van der Waals surface area contributed by atoms with Crippen molar-refractivity contribution in [1.82, 2.24) is 4.31 Å². The summed E-state index contributed by atoms with van der Waals surface area (Å²) >= 11 is 0. The second-order valence-electron chi connectivity index (χ2n) is 4.56. The van der Waals surface area contributed by atoms with Crippen LogP contribution in [0.4, 0.5) is 10.1 Å². The molecule has 0 spiro atoms. The molecule has 106 valence electrons. The Bertz CT molecular complexity index is 518. The van der Waals surface area contributed by atoms with E-state index in [1.807, 2.05) is 0 Å². The lowest BCUT2D eigenvalue weighted by molar-refractivity contribution is 0.156. The molecule has 0 aromatic heterocycles. The van der Waals surface area contributed by atoms with Gasteiger partial charge in [0.1, 0.15) is 5.82 Å². The van der Waals surface area contributed by atoms with Gasteiger partial charge in [0.15, 0.2) is 0 Å². The first-order valence-electron chi connectivity index (χ1n) is 6.19. The topological polar surface area (TPSA) is 69.6 Å². The van der Waals surface area contributed by atoms with Crippen molar-refractivity contribution < 1.29 is 17.9 Å². The van der Waals surface area contributed by atoms with E-state index in [-0.39, 0.29) is 12.6 Å². The summed E-state index contributed by atoms with van der Waals surface area (Å²) in [4.78, 5) is 0. The Hall–Kier alpha value is -1.18. The molecule has 19 heavy (non-hydrogen) atoms. The van der Waals surface area contributed by atoms with Crippen molar-refractivity contribution in [2.24, 2.45) is 0 Å². The molecule has 5 nitrogen and oxygen atoms in total. The van der Waals surface area contributed by atoms with Crippen LogP contribution in [0.25, 0.3) is 0 Å². The number of hydrogen-bond donors (Lipinski definition) is 2. The maximum atomic E-state index is 12.8. The van der Waals surface area contributed by atoms with Gasteiger partial charge in [-0.25, -0.2) is 4.39 Å². The molecule has 1 heterocycles. The van der Waals surface area contributed by atoms with Gasteiger partial charge < -0.3 is 5.11 Å². The Balaban J connectivity index is 2.14. The number of aliphatic hydroxyl groups is 1. The van der Waals surface area contributed by atoms with E-state index in [9.17, 15) is 17.9 Å². The minimum absolute atomic E-state index is 0.190. The van der Waals surface area contributed by atoms with Crippen molar-refractivity contribution in [2.45, 2.75) is 25.3 Å². The summed E-state index contributed by atoms with van der Waals surface area (Å²) in [5.41, 5.74) is 0.309. The lowest BCUT2D eigenvalue weighted by Crippen LogP contribution is -2.47. The number of nitrogens with zero attached hydrogens (tertiary/aromatic N) is 1. The minimum Gasteiger partial charge on any atom is -0.395 e. The molecule has 0 radical (unpaired) electrons. The number of benzene rings is 1. The first-order valence-corrected chi connectivity index (χ1v) is 7.63. The maximum absolute atomic E-state index is 12.8. The van der Waals surface area contributed by atoms with Crippen LogP contribution in [0.15, 0.2) is 24.3 Å². The summed E-state index contributed by atoms with van der Waals surface area (Å²) in [6.07, 6.45) is 2.34. The number of anilines is 1. The van der Waals surface area contributed by atoms with Gasteiger partial charge >= 0.3 is 10.2 Å². The first kappa shape index (κ1) is 14.2. The molecule has 1 atom stereocenters. The fraction of sp³-hybridized carbons (Fsp3) is 0.500. The molecule has 1 aliphatic heterocycles. The smallest absolute Gasteiger partial charge is 0.301 e. The quantitative estimate of drug-likeness (QED) is 0.878. The van der Waals surface area contributed by atoms with Gasteiger partial charge in [-0.2, -0.15) is 12.7 Å². The SMILES string of the molecule is O=S(=O)(Nc1ccc(F)cc1)N1CCCCC1CO. The number of nitrogens with one attached hydrogen (secondary N) is 1. The zero-order valence-electron chi connectivity index (χ0n) is 10.4. The van der Waals surface area contributed by atoms with Crippen LogP contribution in [-0.4, -0.2) is 37.0 Å². The van der Waals surface area contributed by atoms with Gasteiger partial charge in [-0.05, 0) is 37.1 Å². The molecule has 0 saturated carbocycles. The molecular weight excluding hydrogens is 271 g/mol. The average molecular weight is 288 g/mol. The highest BCUT2D eigenvalue weighted by atomic mass is 32.2. The Kier molecular flexibility index (Phi) is 4.38. The summed E-state index contributed by atoms with van der Waals surface area (Å²) in [5, 5.41) is 9.24. The van der Waals surface area contributed by atoms with Crippen LogP contribution in [0.2, 0.25) is 0 Å². The van der Waals surface area contributed by atoms with Crippen molar-refractivity contribution >= 4 is 15.9 Å². The highest BCUT2D eigenvalue weighted by Gasteiger charge is 2.31. The van der Waals surface area contributed by atoms with Gasteiger partial charge in [0.05, 0.1) is 6.61 Å². The molecule has 1 aromatic rings. The fourth-order valence-electron chi connectivity index (χ4n) is 2.20. The molecule has 1 aromatic carbocycles. The van der Waals surface area contributed by atoms with Crippen LogP contribution in [0, 0.1) is 5.82 Å². The predicted octanol–water partition coefficient (Wildman–Crippen LogP) is 1.33. The third kappa shape index (κ3) is 3.43. The van der Waals surface area contributed by atoms with E-state index in [0.29, 0.717) is 18.7 Å². The Morgan fingerprint density at radius 2 is 2.00 bits per heavy atom. The molecule has 1 unspecified atom stereocenters. The standard InChI is InChI=1S/C12H17FN2O3S/c13-10-4-6-11(7-5-10)14-19(17,18)15-8-2-1-3-12(15)9-16/h4-7,12,14,16H,1-3,8-9H2. The molecule has 1 aliphatic rings. The Morgan fingerprint density at radius 3 is 2.63 bits per heavy atom. The molecule has 2 rings (SSSR count). The van der Waals surface area contributed by atoms with Gasteiger partial charge in [0.25, 0.3) is 0 Å². The summed E-state index contributed by atoms with van der Waals surface area (Å²) in [6, 6.07) is 4.73. The van der Waals surface area contributed by atoms with Crippen molar-refractivity contribution in [3.63, 3.8) is 0 Å². The third-order valence-corrected chi connectivity index (χ3v) is 4.78. The van der Waals surface area contributed by atoms with E-state index in [0.717, 1.165) is 12.8 Å². The number of hydrogen-bond acceptors (Lipinski definition) is 3. The van der Waals surface area contributed by atoms with Gasteiger partial charge in [-0.3, -0.25) is 4.72 Å². The lowest BCUT2D eigenvalue weighted by atomic mass is 10.1. The highest BCUT2D eigenvalue weighted by Crippen LogP contribution is 2.21. The van der Waals surface area contributed by atoms with E-state index >= 15 is 0 Å². The maximum Gasteiger partial charge on any atom is 0.301 e. The van der Waals surface area contributed by atoms with Crippen molar-refractivity contribution in [3.8, 4) is 0 Å². The van der Waals surface area contributed by atoms with Gasteiger partial charge in [0.2, 0.25) is 0 Å². The zero-order valence-corrected chi connectivity index (χ0v) is 11.2. The molecule has 0 aliphatic carbocycles. The molecule has 7 heteroatoms. The second kappa shape index (κ2) is 5.85. The van der Waals surface area contributed by atoms with Crippen molar-refractivity contribution in [2.75, 3.05) is 17.9 Å². The van der Waals surface area contributed by atoms with Gasteiger partial charge in [-0.15, -0.1) is 0 Å². The fourth-order valence-corrected chi connectivity index (χ4v) is 3.68. The summed E-state index contributed by atoms with van der Waals surface area (Å²) in [5.74, 6) is -0.422. The zero-order chi connectivity index (χ0) is 13.9. The van der Waals surface area contributed by atoms with E-state index in [1.54, 1.807) is 0 Å². The molecule has 0 bridgehead atoms. The largest absolute Gasteiger partial charge is 0.395 e. The normalized spacial score (nSPS) is 21.3. The average Bonchev–Trinajstić information content (AvgIpc) is 2.41. The number of piperidine rings is 1. The van der Waals surface area contributed by atoms with Gasteiger partial charge in [0, 0.05) is 18.3 Å². The van der Waals surface area contributed by atoms with Crippen molar-refractivity contribution in [3.05, 3.63) is 30.1 Å². The molecule has 1 fully saturated rings. The van der Waals surface area contributed by atoms with E-state index in [2.05, 4.69) is 4.72 Å². The second-order valence-corrected chi connectivity index (χ2v) is 6.18. The van der Waals surface area contributed by atoms with Crippen LogP contribution < -0.4 is 4.72 Å². The lowest BCUT2D eigenvalue weighted by Gasteiger charge is -2.33. The third-order valence-electron chi connectivity index (χ3n) is 3.18. The van der Waals surface area contributed by atoms with Crippen LogP contribution >= 0.6 is 0 Å². The monoisotopic (exact) mass is 288 g/mol. The van der Waals surface area contributed by atoms with Crippen molar-refractivity contribution in [1.29, 1.82) is 0 Å². The van der Waals surface area contributed by atoms with Gasteiger partial charge in [-0.1, -0.05) is 6.42 Å². The summed E-state index contributed by atoms with van der Waals surface area (Å²) in [7, 11) is -3.71. The summed E-state index contributed by atoms with van der Waals surface area (Å²) < 4.78 is 40.9.